The molecular formula is C23H22F3N3O3. The Kier molecular flexibility index (Phi) is 7.09. The van der Waals surface area contributed by atoms with Crippen LogP contribution in [-0.2, 0) is 15.7 Å². The summed E-state index contributed by atoms with van der Waals surface area (Å²) < 4.78 is 44.7. The lowest BCUT2D eigenvalue weighted by Crippen LogP contribution is -2.40. The first-order valence-corrected chi connectivity index (χ1v) is 9.81. The lowest BCUT2D eigenvalue weighted by molar-refractivity contribution is -0.137. The van der Waals surface area contributed by atoms with E-state index in [2.05, 4.69) is 10.3 Å². The van der Waals surface area contributed by atoms with E-state index in [0.29, 0.717) is 22.2 Å². The van der Waals surface area contributed by atoms with Crippen molar-refractivity contribution in [1.82, 2.24) is 9.88 Å². The van der Waals surface area contributed by atoms with Crippen LogP contribution in [0.4, 0.5) is 18.9 Å². The minimum atomic E-state index is -4.62. The van der Waals surface area contributed by atoms with Gasteiger partial charge in [-0.05, 0) is 31.2 Å². The van der Waals surface area contributed by atoms with Gasteiger partial charge in [-0.25, -0.2) is 0 Å². The van der Waals surface area contributed by atoms with Crippen LogP contribution >= 0.6 is 0 Å². The topological polar surface area (TPSA) is 71.5 Å². The molecule has 2 amide bonds. The number of amides is 2. The van der Waals surface area contributed by atoms with Crippen LogP contribution in [0, 0.1) is 6.92 Å². The van der Waals surface area contributed by atoms with Gasteiger partial charge in [0, 0.05) is 24.7 Å². The minimum absolute atomic E-state index is 0.0827. The molecule has 3 aromatic rings. The Morgan fingerprint density at radius 1 is 1.09 bits per heavy atom. The largest absolute Gasteiger partial charge is 0.418 e. The maximum absolute atomic E-state index is 13.3. The lowest BCUT2D eigenvalue weighted by atomic mass is 10.1. The Labute approximate surface area is 183 Å². The number of nitrogens with one attached hydrogen (secondary N) is 1. The SMILES string of the molecule is COCCN(CC(=O)Nc1ccccc1C(F)(F)F)C(=O)c1cc(C)nc2ccccc12. The number of halogens is 3. The van der Waals surface area contributed by atoms with Gasteiger partial charge in [-0.1, -0.05) is 30.3 Å². The molecule has 1 N–H and O–H groups in total. The van der Waals surface area contributed by atoms with E-state index in [9.17, 15) is 22.8 Å². The fourth-order valence-electron chi connectivity index (χ4n) is 3.31. The van der Waals surface area contributed by atoms with Crippen LogP contribution in [0.3, 0.4) is 0 Å². The molecule has 0 radical (unpaired) electrons. The second kappa shape index (κ2) is 9.78. The number of carbonyl (C=O) groups is 2. The number of aromatic nitrogens is 1. The first-order chi connectivity index (χ1) is 15.2. The van der Waals surface area contributed by atoms with Crippen molar-refractivity contribution in [3.05, 3.63) is 71.4 Å². The number of hydrogen-bond acceptors (Lipinski definition) is 4. The number of methoxy groups -OCH3 is 1. The molecule has 0 aliphatic carbocycles. The Bertz CT molecular complexity index is 1130. The third-order valence-electron chi connectivity index (χ3n) is 4.77. The number of para-hydroxylation sites is 2. The van der Waals surface area contributed by atoms with Crippen LogP contribution in [0.2, 0.25) is 0 Å². The molecule has 0 bridgehead atoms. The number of aryl methyl sites for hydroxylation is 1. The van der Waals surface area contributed by atoms with E-state index in [1.807, 2.05) is 0 Å². The zero-order valence-corrected chi connectivity index (χ0v) is 17.6. The summed E-state index contributed by atoms with van der Waals surface area (Å²) in [5.41, 5.74) is 0.286. The monoisotopic (exact) mass is 445 g/mol. The summed E-state index contributed by atoms with van der Waals surface area (Å²) in [4.78, 5) is 31.6. The summed E-state index contributed by atoms with van der Waals surface area (Å²) in [6.45, 7) is 1.55. The van der Waals surface area contributed by atoms with Crippen molar-refractivity contribution in [2.24, 2.45) is 0 Å². The maximum atomic E-state index is 13.3. The van der Waals surface area contributed by atoms with Gasteiger partial charge >= 0.3 is 6.18 Å². The summed E-state index contributed by atoms with van der Waals surface area (Å²) in [5.74, 6) is -1.19. The van der Waals surface area contributed by atoms with Crippen molar-refractivity contribution in [1.29, 1.82) is 0 Å². The van der Waals surface area contributed by atoms with Crippen LogP contribution in [0.15, 0.2) is 54.6 Å². The number of benzene rings is 2. The highest BCUT2D eigenvalue weighted by molar-refractivity contribution is 6.07. The molecule has 0 saturated heterocycles. The fourth-order valence-corrected chi connectivity index (χ4v) is 3.31. The fraction of sp³-hybridized carbons (Fsp3) is 0.261. The van der Waals surface area contributed by atoms with Crippen molar-refractivity contribution in [2.75, 3.05) is 32.1 Å². The van der Waals surface area contributed by atoms with Gasteiger partial charge in [-0.3, -0.25) is 14.6 Å². The van der Waals surface area contributed by atoms with Gasteiger partial charge < -0.3 is 15.0 Å². The minimum Gasteiger partial charge on any atom is -0.383 e. The molecule has 32 heavy (non-hydrogen) atoms. The molecule has 0 aliphatic heterocycles. The number of hydrogen-bond donors (Lipinski definition) is 1. The molecule has 0 fully saturated rings. The van der Waals surface area contributed by atoms with Crippen molar-refractivity contribution in [3.8, 4) is 0 Å². The summed E-state index contributed by atoms with van der Waals surface area (Å²) in [5, 5.41) is 2.89. The third kappa shape index (κ3) is 5.42. The van der Waals surface area contributed by atoms with E-state index < -0.39 is 30.1 Å². The number of ether oxygens (including phenoxy) is 1. The predicted octanol–water partition coefficient (Wildman–Crippen LogP) is 4.29. The molecule has 0 spiro atoms. The molecule has 168 valence electrons. The highest BCUT2D eigenvalue weighted by Gasteiger charge is 2.33. The number of nitrogens with zero attached hydrogens (tertiary/aromatic N) is 2. The van der Waals surface area contributed by atoms with Gasteiger partial charge in [0.05, 0.1) is 28.9 Å². The molecule has 1 aromatic heterocycles. The Balaban J connectivity index is 1.87. The van der Waals surface area contributed by atoms with Crippen molar-refractivity contribution < 1.29 is 27.5 Å². The van der Waals surface area contributed by atoms with Crippen molar-refractivity contribution >= 4 is 28.4 Å². The lowest BCUT2D eigenvalue weighted by Gasteiger charge is -2.23. The smallest absolute Gasteiger partial charge is 0.383 e. The number of alkyl halides is 3. The van der Waals surface area contributed by atoms with Crippen LogP contribution in [0.1, 0.15) is 21.6 Å². The van der Waals surface area contributed by atoms with Gasteiger partial charge in [0.15, 0.2) is 0 Å². The highest BCUT2D eigenvalue weighted by Crippen LogP contribution is 2.34. The molecule has 1 heterocycles. The zero-order valence-electron chi connectivity index (χ0n) is 17.6. The molecular weight excluding hydrogens is 423 g/mol. The summed E-state index contributed by atoms with van der Waals surface area (Å²) in [6, 6.07) is 13.4. The number of rotatable bonds is 7. The molecule has 6 nitrogen and oxygen atoms in total. The third-order valence-corrected chi connectivity index (χ3v) is 4.77. The summed E-state index contributed by atoms with van der Waals surface area (Å²) in [6.07, 6.45) is -4.62. The van der Waals surface area contributed by atoms with Crippen LogP contribution < -0.4 is 5.32 Å². The molecule has 0 saturated carbocycles. The quantitative estimate of drug-likeness (QED) is 0.589. The highest BCUT2D eigenvalue weighted by atomic mass is 19.4. The number of carbonyl (C=O) groups excluding carboxylic acids is 2. The van der Waals surface area contributed by atoms with E-state index >= 15 is 0 Å². The van der Waals surface area contributed by atoms with Crippen LogP contribution in [-0.4, -0.2) is 48.5 Å². The van der Waals surface area contributed by atoms with Crippen molar-refractivity contribution in [3.63, 3.8) is 0 Å². The summed E-state index contributed by atoms with van der Waals surface area (Å²) >= 11 is 0. The molecule has 0 aliphatic rings. The van der Waals surface area contributed by atoms with E-state index in [-0.39, 0.29) is 18.8 Å². The number of fused-ring (bicyclic) bond motifs is 1. The van der Waals surface area contributed by atoms with Gasteiger partial charge in [-0.15, -0.1) is 0 Å². The molecule has 0 atom stereocenters. The van der Waals surface area contributed by atoms with Gasteiger partial charge in [-0.2, -0.15) is 13.2 Å². The van der Waals surface area contributed by atoms with Crippen molar-refractivity contribution in [2.45, 2.75) is 13.1 Å². The standard InChI is InChI=1S/C23H22F3N3O3/c1-15-13-17(16-7-3-5-9-19(16)27-15)22(31)29(11-12-32-2)14-21(30)28-20-10-6-4-8-18(20)23(24,25)26/h3-10,13H,11-12,14H2,1-2H3,(H,28,30). The number of anilines is 1. The van der Waals surface area contributed by atoms with E-state index in [1.165, 1.54) is 30.2 Å². The summed E-state index contributed by atoms with van der Waals surface area (Å²) in [7, 11) is 1.45. The average molecular weight is 445 g/mol. The first-order valence-electron chi connectivity index (χ1n) is 9.81. The van der Waals surface area contributed by atoms with E-state index in [0.717, 1.165) is 6.07 Å². The molecule has 9 heteroatoms. The van der Waals surface area contributed by atoms with Gasteiger partial charge in [0.1, 0.15) is 6.54 Å². The van der Waals surface area contributed by atoms with Crippen LogP contribution in [0.25, 0.3) is 10.9 Å². The van der Waals surface area contributed by atoms with Gasteiger partial charge in [0.2, 0.25) is 5.91 Å². The van der Waals surface area contributed by atoms with Gasteiger partial charge in [0.25, 0.3) is 5.91 Å². The molecule has 0 unspecified atom stereocenters. The predicted molar refractivity (Wildman–Crippen MR) is 114 cm³/mol. The van der Waals surface area contributed by atoms with E-state index in [1.54, 1.807) is 37.3 Å². The maximum Gasteiger partial charge on any atom is 0.418 e. The normalized spacial score (nSPS) is 11.4. The Morgan fingerprint density at radius 3 is 2.50 bits per heavy atom. The second-order valence-corrected chi connectivity index (χ2v) is 7.14. The zero-order chi connectivity index (χ0) is 23.3. The Hall–Kier alpha value is -3.46. The molecule has 3 rings (SSSR count). The Morgan fingerprint density at radius 2 is 1.78 bits per heavy atom. The van der Waals surface area contributed by atoms with E-state index in [4.69, 9.17) is 4.74 Å². The first kappa shape index (κ1) is 23.2. The molecule has 2 aromatic carbocycles. The number of pyridine rings is 1. The second-order valence-electron chi connectivity index (χ2n) is 7.14. The van der Waals surface area contributed by atoms with Crippen LogP contribution in [0.5, 0.6) is 0 Å². The average Bonchev–Trinajstić information content (AvgIpc) is 2.75.